The number of aliphatic hydroxyl groups excluding tert-OH is 1. The van der Waals surface area contributed by atoms with Gasteiger partial charge in [-0.3, -0.25) is 4.79 Å². The van der Waals surface area contributed by atoms with Crippen molar-refractivity contribution in [2.45, 2.75) is 70.4 Å². The first-order chi connectivity index (χ1) is 16.1. The molecule has 0 saturated carbocycles. The van der Waals surface area contributed by atoms with E-state index in [1.807, 2.05) is 11.8 Å². The van der Waals surface area contributed by atoms with Gasteiger partial charge in [-0.1, -0.05) is 24.3 Å². The number of piperidine rings is 2. The van der Waals surface area contributed by atoms with Gasteiger partial charge < -0.3 is 14.9 Å². The van der Waals surface area contributed by atoms with Gasteiger partial charge in [0.25, 0.3) is 5.91 Å². The van der Waals surface area contributed by atoms with Crippen molar-refractivity contribution in [3.8, 4) is 0 Å². The Hall–Kier alpha value is -2.31. The standard InChI is InChI=1S/C27H36N4O2/c1-19-25(17-20-6-7-21-4-2-3-5-22(21)16-20)28-18-29-26(19)27(33)31-12-8-23(9-13-31)30-14-10-24(32)11-15-30/h2-5,18,20,23-24,32H,6-17H2,1H3/t20-/m1/s1. The maximum absolute atomic E-state index is 13.3. The SMILES string of the molecule is Cc1c(C[C@@H]2CCc3ccccc3C2)ncnc1C(=O)N1CCC(N2CCC(O)CC2)CC1. The van der Waals surface area contributed by atoms with E-state index in [1.54, 1.807) is 6.33 Å². The van der Waals surface area contributed by atoms with E-state index in [0.29, 0.717) is 17.7 Å². The summed E-state index contributed by atoms with van der Waals surface area (Å²) in [6, 6.07) is 9.28. The van der Waals surface area contributed by atoms with Crippen LogP contribution in [-0.4, -0.2) is 69.1 Å². The van der Waals surface area contributed by atoms with Crippen molar-refractivity contribution < 1.29 is 9.90 Å². The number of hydrogen-bond acceptors (Lipinski definition) is 5. The lowest BCUT2D eigenvalue weighted by Gasteiger charge is -2.41. The highest BCUT2D eigenvalue weighted by molar-refractivity contribution is 5.93. The number of nitrogens with zero attached hydrogens (tertiary/aromatic N) is 4. The third kappa shape index (κ3) is 4.97. The van der Waals surface area contributed by atoms with Gasteiger partial charge >= 0.3 is 0 Å². The summed E-state index contributed by atoms with van der Waals surface area (Å²) < 4.78 is 0. The second-order valence-corrected chi connectivity index (χ2v) is 10.2. The number of benzene rings is 1. The molecule has 1 aliphatic carbocycles. The molecular formula is C27H36N4O2. The van der Waals surface area contributed by atoms with Crippen LogP contribution < -0.4 is 0 Å². The number of aliphatic hydroxyl groups is 1. The molecule has 1 amide bonds. The third-order valence-corrected chi connectivity index (χ3v) is 8.09. The molecule has 1 atom stereocenters. The van der Waals surface area contributed by atoms with E-state index in [9.17, 15) is 9.90 Å². The van der Waals surface area contributed by atoms with Gasteiger partial charge in [0.1, 0.15) is 12.0 Å². The molecule has 3 aliphatic rings. The molecule has 2 fully saturated rings. The van der Waals surface area contributed by atoms with E-state index in [1.165, 1.54) is 17.5 Å². The highest BCUT2D eigenvalue weighted by Gasteiger charge is 2.31. The summed E-state index contributed by atoms with van der Waals surface area (Å²) in [6.45, 7) is 5.52. The maximum Gasteiger partial charge on any atom is 0.272 e. The average Bonchev–Trinajstić information content (AvgIpc) is 2.85. The predicted octanol–water partition coefficient (Wildman–Crippen LogP) is 3.19. The first-order valence-corrected chi connectivity index (χ1v) is 12.7. The molecule has 0 bridgehead atoms. The molecule has 2 aromatic rings. The summed E-state index contributed by atoms with van der Waals surface area (Å²) >= 11 is 0. The van der Waals surface area contributed by atoms with E-state index in [2.05, 4.69) is 39.1 Å². The molecule has 1 N–H and O–H groups in total. The first-order valence-electron chi connectivity index (χ1n) is 12.7. The van der Waals surface area contributed by atoms with Crippen molar-refractivity contribution in [2.24, 2.45) is 5.92 Å². The minimum Gasteiger partial charge on any atom is -0.393 e. The number of fused-ring (bicyclic) bond motifs is 1. The van der Waals surface area contributed by atoms with Crippen LogP contribution in [0.3, 0.4) is 0 Å². The van der Waals surface area contributed by atoms with Gasteiger partial charge in [-0.2, -0.15) is 0 Å². The first kappa shape index (κ1) is 22.5. The van der Waals surface area contributed by atoms with Crippen molar-refractivity contribution in [1.29, 1.82) is 0 Å². The summed E-state index contributed by atoms with van der Waals surface area (Å²) in [4.78, 5) is 26.8. The van der Waals surface area contributed by atoms with Crippen LogP contribution in [0, 0.1) is 12.8 Å². The van der Waals surface area contributed by atoms with Crippen molar-refractivity contribution in [3.05, 3.63) is 58.7 Å². The normalized spacial score (nSPS) is 22.8. The minimum absolute atomic E-state index is 0.0534. The fourth-order valence-corrected chi connectivity index (χ4v) is 5.96. The molecule has 5 rings (SSSR count). The predicted molar refractivity (Wildman–Crippen MR) is 128 cm³/mol. The lowest BCUT2D eigenvalue weighted by molar-refractivity contribution is 0.0354. The molecule has 1 aromatic heterocycles. The Morgan fingerprint density at radius 1 is 1.00 bits per heavy atom. The second-order valence-electron chi connectivity index (χ2n) is 10.2. The summed E-state index contributed by atoms with van der Waals surface area (Å²) in [5, 5.41) is 9.77. The van der Waals surface area contributed by atoms with Gasteiger partial charge in [0.05, 0.1) is 6.10 Å². The van der Waals surface area contributed by atoms with E-state index in [0.717, 1.165) is 82.4 Å². The molecular weight excluding hydrogens is 412 g/mol. The summed E-state index contributed by atoms with van der Waals surface area (Å²) in [5.41, 5.74) is 5.50. The Morgan fingerprint density at radius 3 is 2.48 bits per heavy atom. The van der Waals surface area contributed by atoms with Crippen LogP contribution in [0.25, 0.3) is 0 Å². The van der Waals surface area contributed by atoms with E-state index in [4.69, 9.17) is 0 Å². The average molecular weight is 449 g/mol. The lowest BCUT2D eigenvalue weighted by atomic mass is 9.81. The number of amides is 1. The summed E-state index contributed by atoms with van der Waals surface area (Å²) in [5.74, 6) is 0.618. The number of carbonyl (C=O) groups excluding carboxylic acids is 1. The summed E-state index contributed by atoms with van der Waals surface area (Å²) in [6.07, 6.45) is 9.48. The van der Waals surface area contributed by atoms with Crippen LogP contribution in [0.4, 0.5) is 0 Å². The van der Waals surface area contributed by atoms with Gasteiger partial charge in [0.15, 0.2) is 0 Å². The number of aromatic nitrogens is 2. The number of aryl methyl sites for hydroxylation is 1. The van der Waals surface area contributed by atoms with Crippen LogP contribution in [0.2, 0.25) is 0 Å². The van der Waals surface area contributed by atoms with Gasteiger partial charge in [0, 0.05) is 43.5 Å². The molecule has 6 nitrogen and oxygen atoms in total. The molecule has 2 saturated heterocycles. The molecule has 6 heteroatoms. The van der Waals surface area contributed by atoms with Gasteiger partial charge in [-0.25, -0.2) is 9.97 Å². The quantitative estimate of drug-likeness (QED) is 0.778. The van der Waals surface area contributed by atoms with Gasteiger partial charge in [0.2, 0.25) is 0 Å². The zero-order chi connectivity index (χ0) is 22.8. The molecule has 0 spiro atoms. The monoisotopic (exact) mass is 448 g/mol. The van der Waals surface area contributed by atoms with Crippen LogP contribution >= 0.6 is 0 Å². The second kappa shape index (κ2) is 9.90. The zero-order valence-corrected chi connectivity index (χ0v) is 19.7. The smallest absolute Gasteiger partial charge is 0.272 e. The highest BCUT2D eigenvalue weighted by atomic mass is 16.3. The largest absolute Gasteiger partial charge is 0.393 e. The van der Waals surface area contributed by atoms with Crippen molar-refractivity contribution >= 4 is 5.91 Å². The molecule has 2 aliphatic heterocycles. The van der Waals surface area contributed by atoms with Crippen LogP contribution in [0.5, 0.6) is 0 Å². The van der Waals surface area contributed by atoms with Gasteiger partial charge in [-0.05, 0) is 75.3 Å². The Labute approximate surface area is 197 Å². The van der Waals surface area contributed by atoms with Crippen molar-refractivity contribution in [3.63, 3.8) is 0 Å². The molecule has 176 valence electrons. The number of carbonyl (C=O) groups is 1. The zero-order valence-electron chi connectivity index (χ0n) is 19.7. The van der Waals surface area contributed by atoms with Crippen LogP contribution in [-0.2, 0) is 19.3 Å². The molecule has 3 heterocycles. The molecule has 1 aromatic carbocycles. The Bertz CT molecular complexity index is 978. The number of rotatable bonds is 4. The Morgan fingerprint density at radius 2 is 1.73 bits per heavy atom. The van der Waals surface area contributed by atoms with Crippen molar-refractivity contribution in [1.82, 2.24) is 19.8 Å². The fourth-order valence-electron chi connectivity index (χ4n) is 5.96. The van der Waals surface area contributed by atoms with Crippen molar-refractivity contribution in [2.75, 3.05) is 26.2 Å². The molecule has 0 unspecified atom stereocenters. The van der Waals surface area contributed by atoms with Crippen LogP contribution in [0.15, 0.2) is 30.6 Å². The minimum atomic E-state index is -0.138. The molecule has 0 radical (unpaired) electrons. The Kier molecular flexibility index (Phi) is 6.74. The van der Waals surface area contributed by atoms with Gasteiger partial charge in [-0.15, -0.1) is 0 Å². The topological polar surface area (TPSA) is 69.6 Å². The van der Waals surface area contributed by atoms with E-state index in [-0.39, 0.29) is 12.0 Å². The third-order valence-electron chi connectivity index (χ3n) is 8.09. The highest BCUT2D eigenvalue weighted by Crippen LogP contribution is 2.29. The Balaban J connectivity index is 1.21. The van der Waals surface area contributed by atoms with E-state index >= 15 is 0 Å². The fraction of sp³-hybridized carbons (Fsp3) is 0.593. The lowest BCUT2D eigenvalue weighted by Crippen LogP contribution is -2.49. The summed E-state index contributed by atoms with van der Waals surface area (Å²) in [7, 11) is 0. The van der Waals surface area contributed by atoms with E-state index < -0.39 is 0 Å². The number of likely N-dealkylation sites (tertiary alicyclic amines) is 2. The maximum atomic E-state index is 13.3. The van der Waals surface area contributed by atoms with Crippen LogP contribution in [0.1, 0.15) is 65.0 Å². The number of hydrogen-bond donors (Lipinski definition) is 1. The molecule has 33 heavy (non-hydrogen) atoms.